The van der Waals surface area contributed by atoms with Crippen LogP contribution in [0.2, 0.25) is 0 Å². The van der Waals surface area contributed by atoms with Gasteiger partial charge in [-0.05, 0) is 59.7 Å². The molecule has 0 fully saturated rings. The van der Waals surface area contributed by atoms with Gasteiger partial charge in [-0.25, -0.2) is 8.42 Å². The first-order chi connectivity index (χ1) is 14.5. The molecule has 0 amide bonds. The topological polar surface area (TPSA) is 57.2 Å². The van der Waals surface area contributed by atoms with Crippen molar-refractivity contribution in [3.05, 3.63) is 41.5 Å². The molecule has 0 heterocycles. The van der Waals surface area contributed by atoms with Crippen LogP contribution in [0.15, 0.2) is 35.2 Å². The molecule has 0 saturated heterocycles. The molecule has 168 valence electrons. The van der Waals surface area contributed by atoms with Crippen LogP contribution in [-0.2, 0) is 23.0 Å². The molecule has 0 bridgehead atoms. The van der Waals surface area contributed by atoms with Gasteiger partial charge in [0.25, 0.3) is 0 Å². The zero-order chi connectivity index (χ0) is 21.8. The molecule has 2 aromatic rings. The summed E-state index contributed by atoms with van der Waals surface area (Å²) in [5, 5.41) is 1.97. The minimum Gasteiger partial charge on any atom is -0.744 e. The Morgan fingerprint density at radius 3 is 1.84 bits per heavy atom. The summed E-state index contributed by atoms with van der Waals surface area (Å²) in [5.74, 6) is 0. The van der Waals surface area contributed by atoms with Crippen molar-refractivity contribution in [3.63, 3.8) is 0 Å². The molecular weight excluding hydrogens is 431 g/mol. The summed E-state index contributed by atoms with van der Waals surface area (Å²) in [7, 11) is -4.45. The third-order valence-corrected chi connectivity index (χ3v) is 6.80. The fraction of sp³-hybridized carbons (Fsp3) is 0.615. The van der Waals surface area contributed by atoms with Gasteiger partial charge in [0, 0.05) is 0 Å². The van der Waals surface area contributed by atoms with E-state index < -0.39 is 10.1 Å². The van der Waals surface area contributed by atoms with Gasteiger partial charge in [-0.1, -0.05) is 96.3 Å². The number of fused-ring (bicyclic) bond motifs is 1. The normalized spacial score (nSPS) is 11.6. The van der Waals surface area contributed by atoms with Crippen LogP contribution < -0.4 is 51.4 Å². The summed E-state index contributed by atoms with van der Waals surface area (Å²) >= 11 is 0. The van der Waals surface area contributed by atoms with Gasteiger partial charge in [0.2, 0.25) is 0 Å². The zero-order valence-electron chi connectivity index (χ0n) is 19.9. The van der Waals surface area contributed by atoms with E-state index in [1.807, 2.05) is 0 Å². The van der Waals surface area contributed by atoms with Crippen LogP contribution in [0.1, 0.15) is 102 Å². The van der Waals surface area contributed by atoms with Gasteiger partial charge in [0.05, 0.1) is 4.90 Å². The molecule has 0 atom stereocenters. The van der Waals surface area contributed by atoms with Crippen molar-refractivity contribution in [1.82, 2.24) is 0 Å². The van der Waals surface area contributed by atoms with Gasteiger partial charge in [-0.2, -0.15) is 0 Å². The van der Waals surface area contributed by atoms with Gasteiger partial charge < -0.3 is 4.55 Å². The maximum Gasteiger partial charge on any atom is 1.00 e. The Kier molecular flexibility index (Phi) is 15.1. The van der Waals surface area contributed by atoms with E-state index in [1.54, 1.807) is 12.1 Å². The predicted molar refractivity (Wildman–Crippen MR) is 126 cm³/mol. The molecule has 0 aliphatic heterocycles. The zero-order valence-corrected chi connectivity index (χ0v) is 23.9. The largest absolute Gasteiger partial charge is 1.00 e. The molecule has 0 saturated carbocycles. The second-order valence-corrected chi connectivity index (χ2v) is 10.0. The van der Waals surface area contributed by atoms with Crippen LogP contribution in [0.4, 0.5) is 0 Å². The van der Waals surface area contributed by atoms with Gasteiger partial charge >= 0.3 is 51.4 Å². The van der Waals surface area contributed by atoms with Crippen LogP contribution in [0, 0.1) is 0 Å². The molecule has 0 aliphatic rings. The monoisotopic (exact) mass is 470 g/mol. The van der Waals surface area contributed by atoms with Crippen LogP contribution >= 0.6 is 0 Å². The first-order valence-corrected chi connectivity index (χ1v) is 13.4. The summed E-state index contributed by atoms with van der Waals surface area (Å²) in [4.78, 5) is -0.0901. The Morgan fingerprint density at radius 1 is 0.710 bits per heavy atom. The maximum absolute atomic E-state index is 11.7. The second-order valence-electron chi connectivity index (χ2n) is 8.63. The van der Waals surface area contributed by atoms with Gasteiger partial charge in [-0.3, -0.25) is 0 Å². The molecule has 31 heavy (non-hydrogen) atoms. The molecule has 0 unspecified atom stereocenters. The Labute approximate surface area is 233 Å². The van der Waals surface area contributed by atoms with Crippen molar-refractivity contribution in [2.75, 3.05) is 0 Å². The molecule has 2 rings (SSSR count). The summed E-state index contributed by atoms with van der Waals surface area (Å²) in [6.07, 6.45) is 16.5. The standard InChI is InChI=1S/C26H40O3S.K/c1-3-5-7-9-11-13-15-22-17-18-26-23(16-14-12-10-8-6-4-2)20-25(30(27,28)29)21-24(26)19-22;/h17-21H,3-16H2,1-2H3,(H,27,28,29);/q;+1/p-1. The predicted octanol–water partition coefficient (Wildman–Crippen LogP) is 4.55. The minimum atomic E-state index is -4.45. The molecular formula is C26H39KO3S. The Hall–Kier alpha value is 0.246. The van der Waals surface area contributed by atoms with E-state index in [-0.39, 0.29) is 56.3 Å². The molecule has 0 radical (unpaired) electrons. The third-order valence-electron chi connectivity index (χ3n) is 5.98. The molecule has 2 aromatic carbocycles. The fourth-order valence-corrected chi connectivity index (χ4v) is 4.74. The summed E-state index contributed by atoms with van der Waals surface area (Å²) in [5.41, 5.74) is 2.22. The molecule has 3 nitrogen and oxygen atoms in total. The van der Waals surface area contributed by atoms with Gasteiger partial charge in [-0.15, -0.1) is 0 Å². The molecule has 0 N–H and O–H groups in total. The second kappa shape index (κ2) is 16.0. The van der Waals surface area contributed by atoms with Crippen molar-refractivity contribution in [2.45, 2.75) is 109 Å². The Morgan fingerprint density at radius 2 is 1.26 bits per heavy atom. The average Bonchev–Trinajstić information content (AvgIpc) is 2.72. The summed E-state index contributed by atoms with van der Waals surface area (Å²) in [6.45, 7) is 4.44. The Bertz CT molecular complexity index is 878. The number of rotatable bonds is 15. The molecule has 5 heteroatoms. The number of benzene rings is 2. The van der Waals surface area contributed by atoms with Crippen LogP contribution in [-0.4, -0.2) is 13.0 Å². The van der Waals surface area contributed by atoms with E-state index in [0.717, 1.165) is 48.4 Å². The van der Waals surface area contributed by atoms with E-state index in [4.69, 9.17) is 0 Å². The SMILES string of the molecule is CCCCCCCCc1ccc2c(CCCCCCCC)cc(S(=O)(=O)[O-])cc2c1.[K+]. The number of hydrogen-bond donors (Lipinski definition) is 0. The fourth-order valence-electron chi connectivity index (χ4n) is 4.18. The quantitative estimate of drug-likeness (QED) is 0.218. The Balaban J connectivity index is 0.00000480. The first-order valence-electron chi connectivity index (χ1n) is 12.0. The summed E-state index contributed by atoms with van der Waals surface area (Å²) in [6, 6.07) is 9.54. The van der Waals surface area contributed by atoms with Crippen LogP contribution in [0.5, 0.6) is 0 Å². The van der Waals surface area contributed by atoms with Gasteiger partial charge in [0.15, 0.2) is 0 Å². The first kappa shape index (κ1) is 29.3. The van der Waals surface area contributed by atoms with Crippen molar-refractivity contribution in [1.29, 1.82) is 0 Å². The van der Waals surface area contributed by atoms with Crippen molar-refractivity contribution in [3.8, 4) is 0 Å². The van der Waals surface area contributed by atoms with Crippen molar-refractivity contribution < 1.29 is 64.4 Å². The van der Waals surface area contributed by atoms with Crippen LogP contribution in [0.3, 0.4) is 0 Å². The average molecular weight is 471 g/mol. The van der Waals surface area contributed by atoms with Crippen molar-refractivity contribution >= 4 is 20.9 Å². The van der Waals surface area contributed by atoms with E-state index in [0.29, 0.717) is 0 Å². The minimum absolute atomic E-state index is 0. The molecule has 0 aromatic heterocycles. The number of unbranched alkanes of at least 4 members (excludes halogenated alkanes) is 10. The smallest absolute Gasteiger partial charge is 0.744 e. The maximum atomic E-state index is 11.7. The number of hydrogen-bond acceptors (Lipinski definition) is 3. The van der Waals surface area contributed by atoms with E-state index in [1.165, 1.54) is 63.4 Å². The van der Waals surface area contributed by atoms with E-state index >= 15 is 0 Å². The summed E-state index contributed by atoms with van der Waals surface area (Å²) < 4.78 is 35.1. The van der Waals surface area contributed by atoms with E-state index in [9.17, 15) is 13.0 Å². The van der Waals surface area contributed by atoms with Crippen LogP contribution in [0.25, 0.3) is 10.8 Å². The third kappa shape index (κ3) is 10.8. The van der Waals surface area contributed by atoms with E-state index in [2.05, 4.69) is 32.0 Å². The van der Waals surface area contributed by atoms with Crippen molar-refractivity contribution in [2.24, 2.45) is 0 Å². The molecule has 0 aliphatic carbocycles. The number of aryl methyl sites for hydroxylation is 2. The molecule has 0 spiro atoms. The van der Waals surface area contributed by atoms with Gasteiger partial charge in [0.1, 0.15) is 10.1 Å².